The minimum atomic E-state index is 0.0993. The van der Waals surface area contributed by atoms with Crippen LogP contribution in [0.1, 0.15) is 31.5 Å². The zero-order valence-corrected chi connectivity index (χ0v) is 17.2. The third-order valence-electron chi connectivity index (χ3n) is 6.21. The molecule has 0 bridgehead atoms. The minimum absolute atomic E-state index is 0.0993. The van der Waals surface area contributed by atoms with Gasteiger partial charge in [-0.1, -0.05) is 31.0 Å². The number of aromatic nitrogens is 3. The summed E-state index contributed by atoms with van der Waals surface area (Å²) in [7, 11) is 0. The molecule has 0 atom stereocenters. The third-order valence-corrected chi connectivity index (χ3v) is 6.21. The maximum Gasteiger partial charge on any atom is 0.317 e. The van der Waals surface area contributed by atoms with E-state index in [2.05, 4.69) is 31.9 Å². The number of nitrogens with zero attached hydrogens (tertiary/aromatic N) is 5. The Morgan fingerprint density at radius 2 is 1.77 bits per heavy atom. The summed E-state index contributed by atoms with van der Waals surface area (Å²) in [4.78, 5) is 26.3. The summed E-state index contributed by atoms with van der Waals surface area (Å²) in [5.74, 6) is 0.985. The van der Waals surface area contributed by atoms with E-state index in [9.17, 15) is 4.79 Å². The highest BCUT2D eigenvalue weighted by Crippen LogP contribution is 2.22. The van der Waals surface area contributed by atoms with Crippen LogP contribution < -0.4 is 5.32 Å². The van der Waals surface area contributed by atoms with Crippen LogP contribution in [-0.4, -0.2) is 62.6 Å². The van der Waals surface area contributed by atoms with Gasteiger partial charge < -0.3 is 10.2 Å². The molecule has 156 valence electrons. The summed E-state index contributed by atoms with van der Waals surface area (Å²) in [5.41, 5.74) is 2.86. The van der Waals surface area contributed by atoms with Crippen molar-refractivity contribution in [2.24, 2.45) is 0 Å². The van der Waals surface area contributed by atoms with Gasteiger partial charge in [0, 0.05) is 44.1 Å². The molecule has 7 nitrogen and oxygen atoms in total. The van der Waals surface area contributed by atoms with Crippen molar-refractivity contribution in [2.75, 3.05) is 26.2 Å². The lowest BCUT2D eigenvalue weighted by Gasteiger charge is -2.35. The van der Waals surface area contributed by atoms with Gasteiger partial charge in [0.05, 0.1) is 6.54 Å². The number of carbonyl (C=O) groups excluding carboxylic acids is 1. The molecule has 3 heterocycles. The molecule has 1 saturated carbocycles. The fraction of sp³-hybridized carbons (Fsp3) is 0.435. The van der Waals surface area contributed by atoms with Gasteiger partial charge in [-0.3, -0.25) is 9.47 Å². The number of piperazine rings is 1. The van der Waals surface area contributed by atoms with Crippen molar-refractivity contribution >= 4 is 17.2 Å². The lowest BCUT2D eigenvalue weighted by Crippen LogP contribution is -2.53. The highest BCUT2D eigenvalue weighted by Gasteiger charge is 2.25. The van der Waals surface area contributed by atoms with Gasteiger partial charge in [0.15, 0.2) is 5.65 Å². The lowest BCUT2D eigenvalue weighted by molar-refractivity contribution is 0.131. The number of fused-ring (bicyclic) bond motifs is 1. The summed E-state index contributed by atoms with van der Waals surface area (Å²) >= 11 is 0. The van der Waals surface area contributed by atoms with Gasteiger partial charge in [-0.25, -0.2) is 14.8 Å². The number of hydrogen-bond acceptors (Lipinski definition) is 4. The molecule has 2 aliphatic rings. The van der Waals surface area contributed by atoms with Gasteiger partial charge in [-0.15, -0.1) is 0 Å². The topological polar surface area (TPSA) is 66.3 Å². The van der Waals surface area contributed by atoms with Gasteiger partial charge in [0.2, 0.25) is 0 Å². The van der Waals surface area contributed by atoms with Crippen LogP contribution in [0.2, 0.25) is 0 Å². The zero-order valence-electron chi connectivity index (χ0n) is 17.2. The van der Waals surface area contributed by atoms with Crippen LogP contribution in [0.3, 0.4) is 0 Å². The van der Waals surface area contributed by atoms with E-state index in [0.717, 1.165) is 68.2 Å². The van der Waals surface area contributed by atoms with Crippen molar-refractivity contribution in [3.63, 3.8) is 0 Å². The summed E-state index contributed by atoms with van der Waals surface area (Å²) in [6.07, 6.45) is 6.52. The van der Waals surface area contributed by atoms with E-state index in [1.54, 1.807) is 0 Å². The molecule has 7 heteroatoms. The fourth-order valence-corrected chi connectivity index (χ4v) is 4.56. The summed E-state index contributed by atoms with van der Waals surface area (Å²) in [6, 6.07) is 14.7. The van der Waals surface area contributed by atoms with Crippen molar-refractivity contribution in [2.45, 2.75) is 38.3 Å². The first-order chi connectivity index (χ1) is 14.8. The second kappa shape index (κ2) is 8.44. The number of para-hydroxylation sites is 1. The quantitative estimate of drug-likeness (QED) is 0.725. The Kier molecular flexibility index (Phi) is 5.36. The van der Waals surface area contributed by atoms with E-state index in [1.165, 1.54) is 12.8 Å². The summed E-state index contributed by atoms with van der Waals surface area (Å²) < 4.78 is 2.15. The van der Waals surface area contributed by atoms with E-state index in [0.29, 0.717) is 6.04 Å². The molecule has 2 aromatic heterocycles. The molecule has 3 aromatic rings. The van der Waals surface area contributed by atoms with E-state index in [-0.39, 0.29) is 6.03 Å². The molecule has 2 amide bonds. The van der Waals surface area contributed by atoms with Crippen LogP contribution in [0.15, 0.2) is 48.7 Å². The van der Waals surface area contributed by atoms with Gasteiger partial charge in [0.25, 0.3) is 0 Å². The molecule has 2 fully saturated rings. The van der Waals surface area contributed by atoms with Gasteiger partial charge in [0.1, 0.15) is 11.3 Å². The Bertz CT molecular complexity index is 1000. The molecular weight excluding hydrogens is 376 g/mol. The molecule has 0 unspecified atom stereocenters. The minimum Gasteiger partial charge on any atom is -0.335 e. The molecule has 1 aromatic carbocycles. The van der Waals surface area contributed by atoms with Crippen LogP contribution in [0, 0.1) is 0 Å². The number of hydrogen-bond donors (Lipinski definition) is 1. The van der Waals surface area contributed by atoms with E-state index in [1.807, 2.05) is 41.4 Å². The van der Waals surface area contributed by atoms with Crippen molar-refractivity contribution in [1.29, 1.82) is 0 Å². The number of rotatable bonds is 4. The number of pyridine rings is 1. The monoisotopic (exact) mass is 404 g/mol. The highest BCUT2D eigenvalue weighted by atomic mass is 16.2. The fourth-order valence-electron chi connectivity index (χ4n) is 4.56. The number of benzene rings is 1. The first kappa shape index (κ1) is 19.1. The molecule has 5 rings (SSSR count). The first-order valence-electron chi connectivity index (χ1n) is 10.9. The lowest BCUT2D eigenvalue weighted by atomic mass is 10.2. The third kappa shape index (κ3) is 3.89. The largest absolute Gasteiger partial charge is 0.335 e. The number of carbonyl (C=O) groups is 1. The van der Waals surface area contributed by atoms with Crippen LogP contribution in [-0.2, 0) is 6.54 Å². The normalized spacial score (nSPS) is 18.2. The van der Waals surface area contributed by atoms with Gasteiger partial charge >= 0.3 is 6.03 Å². The molecule has 1 saturated heterocycles. The van der Waals surface area contributed by atoms with E-state index >= 15 is 0 Å². The first-order valence-corrected chi connectivity index (χ1v) is 10.9. The predicted molar refractivity (Wildman–Crippen MR) is 117 cm³/mol. The average molecular weight is 405 g/mol. The zero-order chi connectivity index (χ0) is 20.3. The summed E-state index contributed by atoms with van der Waals surface area (Å²) in [6.45, 7) is 3.95. The number of amides is 2. The van der Waals surface area contributed by atoms with E-state index < -0.39 is 0 Å². The molecule has 1 aliphatic carbocycles. The smallest absolute Gasteiger partial charge is 0.317 e. The predicted octanol–water partition coefficient (Wildman–Crippen LogP) is 3.19. The maximum atomic E-state index is 12.5. The highest BCUT2D eigenvalue weighted by molar-refractivity contribution is 5.75. The van der Waals surface area contributed by atoms with Crippen molar-refractivity contribution in [1.82, 2.24) is 29.7 Å². The van der Waals surface area contributed by atoms with Gasteiger partial charge in [-0.2, -0.15) is 0 Å². The van der Waals surface area contributed by atoms with Crippen LogP contribution in [0.5, 0.6) is 0 Å². The number of imidazole rings is 1. The standard InChI is InChI=1S/C23H28N6O/c30-23(25-18-7-4-5-8-18)28-15-13-27(14-16-28)17-21-26-20-11-6-12-24-22(20)29(21)19-9-2-1-3-10-19/h1-3,6,9-12,18H,4-5,7-8,13-17H2,(H,25,30). The van der Waals surface area contributed by atoms with Crippen LogP contribution >= 0.6 is 0 Å². The van der Waals surface area contributed by atoms with Gasteiger partial charge in [-0.05, 0) is 37.1 Å². The second-order valence-corrected chi connectivity index (χ2v) is 8.24. The Hall–Kier alpha value is -2.93. The number of urea groups is 1. The van der Waals surface area contributed by atoms with Crippen LogP contribution in [0.4, 0.5) is 4.79 Å². The Labute approximate surface area is 176 Å². The summed E-state index contributed by atoms with van der Waals surface area (Å²) in [5, 5.41) is 3.21. The van der Waals surface area contributed by atoms with E-state index in [4.69, 9.17) is 4.98 Å². The van der Waals surface area contributed by atoms with Crippen molar-refractivity contribution in [3.05, 3.63) is 54.5 Å². The molecule has 0 spiro atoms. The Morgan fingerprint density at radius 3 is 2.53 bits per heavy atom. The van der Waals surface area contributed by atoms with Crippen molar-refractivity contribution < 1.29 is 4.79 Å². The molecular formula is C23H28N6O. The average Bonchev–Trinajstić information content (AvgIpc) is 3.42. The second-order valence-electron chi connectivity index (χ2n) is 8.24. The van der Waals surface area contributed by atoms with Crippen molar-refractivity contribution in [3.8, 4) is 5.69 Å². The Morgan fingerprint density at radius 1 is 1.00 bits per heavy atom. The van der Waals surface area contributed by atoms with Crippen LogP contribution in [0.25, 0.3) is 16.9 Å². The maximum absolute atomic E-state index is 12.5. The Balaban J connectivity index is 1.28. The SMILES string of the molecule is O=C(NC1CCCC1)N1CCN(Cc2nc3cccnc3n2-c2ccccc2)CC1. The number of nitrogens with one attached hydrogen (secondary N) is 1. The molecule has 1 aliphatic heterocycles. The molecule has 0 radical (unpaired) electrons. The molecule has 30 heavy (non-hydrogen) atoms. The molecule has 1 N–H and O–H groups in total.